The molecule has 0 spiro atoms. The molecule has 0 aromatic carbocycles. The Labute approximate surface area is 108 Å². The number of nitrogens with zero attached hydrogens (tertiary/aromatic N) is 2. The van der Waals surface area contributed by atoms with Crippen LogP contribution in [-0.2, 0) is 0 Å². The van der Waals surface area contributed by atoms with Crippen molar-refractivity contribution >= 4 is 33.4 Å². The van der Waals surface area contributed by atoms with Crippen molar-refractivity contribution in [1.29, 1.82) is 0 Å². The Hall–Kier alpha value is -0.610. The number of pyridine rings is 1. The van der Waals surface area contributed by atoms with Crippen LogP contribution in [0.15, 0.2) is 18.3 Å². The van der Waals surface area contributed by atoms with E-state index in [1.807, 2.05) is 4.90 Å². The molecule has 3 nitrogen and oxygen atoms in total. The van der Waals surface area contributed by atoms with E-state index in [1.54, 1.807) is 12.1 Å². The first-order valence-corrected chi connectivity index (χ1v) is 6.71. The summed E-state index contributed by atoms with van der Waals surface area (Å²) in [7, 11) is 0. The molecule has 2 heterocycles. The third-order valence-electron chi connectivity index (χ3n) is 2.76. The highest BCUT2D eigenvalue weighted by molar-refractivity contribution is 9.09. The lowest BCUT2D eigenvalue weighted by molar-refractivity contribution is 0.0744. The molecule has 0 bridgehead atoms. The fourth-order valence-electron chi connectivity index (χ4n) is 1.91. The van der Waals surface area contributed by atoms with Gasteiger partial charge in [-0.3, -0.25) is 4.79 Å². The molecule has 0 N–H and O–H groups in total. The zero-order chi connectivity index (χ0) is 11.5. The van der Waals surface area contributed by atoms with Gasteiger partial charge in [0.25, 0.3) is 5.91 Å². The summed E-state index contributed by atoms with van der Waals surface area (Å²) >= 11 is 9.17. The second-order valence-corrected chi connectivity index (χ2v) is 4.89. The van der Waals surface area contributed by atoms with Gasteiger partial charge in [0, 0.05) is 24.1 Å². The molecule has 1 unspecified atom stereocenters. The molecule has 86 valence electrons. The van der Waals surface area contributed by atoms with E-state index < -0.39 is 0 Å². The van der Waals surface area contributed by atoms with E-state index in [0.29, 0.717) is 16.8 Å². The highest BCUT2D eigenvalue weighted by atomic mass is 79.9. The van der Waals surface area contributed by atoms with E-state index in [4.69, 9.17) is 11.6 Å². The van der Waals surface area contributed by atoms with E-state index in [-0.39, 0.29) is 5.91 Å². The molecular weight excluding hydrogens is 291 g/mol. The molecule has 1 aromatic heterocycles. The number of halogens is 2. The van der Waals surface area contributed by atoms with Crippen LogP contribution in [0.1, 0.15) is 23.3 Å². The van der Waals surface area contributed by atoms with Crippen LogP contribution in [0.2, 0.25) is 5.02 Å². The van der Waals surface area contributed by atoms with Crippen LogP contribution in [-0.4, -0.2) is 33.7 Å². The zero-order valence-electron chi connectivity index (χ0n) is 8.70. The third-order valence-corrected chi connectivity index (χ3v) is 3.73. The number of carbonyl (C=O) groups is 1. The predicted octanol–water partition coefficient (Wildman–Crippen LogP) is 2.73. The fraction of sp³-hybridized carbons (Fsp3) is 0.455. The van der Waals surface area contributed by atoms with Crippen molar-refractivity contribution in [2.24, 2.45) is 0 Å². The van der Waals surface area contributed by atoms with E-state index in [0.717, 1.165) is 24.7 Å². The maximum Gasteiger partial charge on any atom is 0.272 e. The van der Waals surface area contributed by atoms with E-state index >= 15 is 0 Å². The first kappa shape index (κ1) is 11.9. The molecule has 1 aliphatic heterocycles. The largest absolute Gasteiger partial charge is 0.333 e. The van der Waals surface area contributed by atoms with Crippen molar-refractivity contribution in [1.82, 2.24) is 9.88 Å². The summed E-state index contributed by atoms with van der Waals surface area (Å²) in [5.41, 5.74) is 0.470. The lowest BCUT2D eigenvalue weighted by Gasteiger charge is -2.22. The van der Waals surface area contributed by atoms with Crippen molar-refractivity contribution in [3.63, 3.8) is 0 Å². The van der Waals surface area contributed by atoms with Crippen LogP contribution < -0.4 is 0 Å². The van der Waals surface area contributed by atoms with Crippen molar-refractivity contribution in [2.45, 2.75) is 18.9 Å². The second kappa shape index (κ2) is 5.15. The number of hydrogen-bond acceptors (Lipinski definition) is 2. The molecule has 0 radical (unpaired) electrons. The van der Waals surface area contributed by atoms with Gasteiger partial charge >= 0.3 is 0 Å². The Morgan fingerprint density at radius 1 is 1.62 bits per heavy atom. The normalized spacial score (nSPS) is 20.1. The second-order valence-electron chi connectivity index (χ2n) is 3.81. The van der Waals surface area contributed by atoms with Crippen LogP contribution in [0.4, 0.5) is 0 Å². The van der Waals surface area contributed by atoms with Gasteiger partial charge in [-0.1, -0.05) is 27.5 Å². The van der Waals surface area contributed by atoms with Gasteiger partial charge < -0.3 is 4.90 Å². The molecule has 1 atom stereocenters. The van der Waals surface area contributed by atoms with Gasteiger partial charge in [-0.25, -0.2) is 4.98 Å². The summed E-state index contributed by atoms with van der Waals surface area (Å²) in [6.07, 6.45) is 3.63. The molecule has 0 aliphatic carbocycles. The average Bonchev–Trinajstić information content (AvgIpc) is 2.77. The number of alkyl halides is 1. The van der Waals surface area contributed by atoms with E-state index in [2.05, 4.69) is 20.9 Å². The molecule has 0 saturated carbocycles. The minimum atomic E-state index is -0.00128. The maximum atomic E-state index is 12.1. The Morgan fingerprint density at radius 3 is 3.06 bits per heavy atom. The molecule has 1 fully saturated rings. The highest BCUT2D eigenvalue weighted by Gasteiger charge is 2.28. The Kier molecular flexibility index (Phi) is 3.82. The van der Waals surface area contributed by atoms with Gasteiger partial charge in [-0.2, -0.15) is 0 Å². The standard InChI is InChI=1S/C11H12BrClN2O/c12-6-9-2-1-5-15(9)11(16)10-4-3-8(13)7-14-10/h3-4,7,9H,1-2,5-6H2. The van der Waals surface area contributed by atoms with Gasteiger partial charge in [0.2, 0.25) is 0 Å². The van der Waals surface area contributed by atoms with Crippen molar-refractivity contribution in [3.05, 3.63) is 29.0 Å². The van der Waals surface area contributed by atoms with E-state index in [9.17, 15) is 4.79 Å². The average molecular weight is 304 g/mol. The topological polar surface area (TPSA) is 33.2 Å². The monoisotopic (exact) mass is 302 g/mol. The zero-order valence-corrected chi connectivity index (χ0v) is 11.0. The smallest absolute Gasteiger partial charge is 0.272 e. The van der Waals surface area contributed by atoms with Crippen LogP contribution in [0.5, 0.6) is 0 Å². The predicted molar refractivity (Wildman–Crippen MR) is 67.1 cm³/mol. The van der Waals surface area contributed by atoms with Gasteiger partial charge in [0.1, 0.15) is 5.69 Å². The van der Waals surface area contributed by atoms with Crippen molar-refractivity contribution in [2.75, 3.05) is 11.9 Å². The quantitative estimate of drug-likeness (QED) is 0.787. The number of likely N-dealkylation sites (tertiary alicyclic amines) is 1. The number of carbonyl (C=O) groups excluding carboxylic acids is 1. The van der Waals surface area contributed by atoms with Crippen molar-refractivity contribution in [3.8, 4) is 0 Å². The van der Waals surface area contributed by atoms with Crippen LogP contribution >= 0.6 is 27.5 Å². The van der Waals surface area contributed by atoms with Crippen LogP contribution in [0.25, 0.3) is 0 Å². The lowest BCUT2D eigenvalue weighted by Crippen LogP contribution is -2.36. The third kappa shape index (κ3) is 2.38. The molecule has 1 aliphatic rings. The minimum absolute atomic E-state index is 0.00128. The van der Waals surface area contributed by atoms with Gasteiger partial charge in [-0.15, -0.1) is 0 Å². The molecular formula is C11H12BrClN2O. The Morgan fingerprint density at radius 2 is 2.44 bits per heavy atom. The fourth-order valence-corrected chi connectivity index (χ4v) is 2.70. The Bertz CT molecular complexity index is 382. The molecule has 2 rings (SSSR count). The summed E-state index contributed by atoms with van der Waals surface area (Å²) in [4.78, 5) is 18.1. The molecule has 1 saturated heterocycles. The summed E-state index contributed by atoms with van der Waals surface area (Å²) in [5.74, 6) is -0.00128. The summed E-state index contributed by atoms with van der Waals surface area (Å²) < 4.78 is 0. The number of amides is 1. The molecule has 1 aromatic rings. The highest BCUT2D eigenvalue weighted by Crippen LogP contribution is 2.21. The first-order chi connectivity index (χ1) is 7.72. The van der Waals surface area contributed by atoms with Gasteiger partial charge in [-0.05, 0) is 25.0 Å². The van der Waals surface area contributed by atoms with Crippen molar-refractivity contribution < 1.29 is 4.79 Å². The SMILES string of the molecule is O=C(c1ccc(Cl)cn1)N1CCCC1CBr. The minimum Gasteiger partial charge on any atom is -0.333 e. The van der Waals surface area contributed by atoms with Gasteiger partial charge in [0.05, 0.1) is 5.02 Å². The van der Waals surface area contributed by atoms with Crippen LogP contribution in [0.3, 0.4) is 0 Å². The first-order valence-electron chi connectivity index (χ1n) is 5.21. The number of aromatic nitrogens is 1. The Balaban J connectivity index is 2.15. The number of hydrogen-bond donors (Lipinski definition) is 0. The van der Waals surface area contributed by atoms with Crippen LogP contribution in [0, 0.1) is 0 Å². The molecule has 16 heavy (non-hydrogen) atoms. The number of rotatable bonds is 2. The maximum absolute atomic E-state index is 12.1. The molecule has 5 heteroatoms. The van der Waals surface area contributed by atoms with Gasteiger partial charge in [0.15, 0.2) is 0 Å². The van der Waals surface area contributed by atoms with E-state index in [1.165, 1.54) is 6.20 Å². The summed E-state index contributed by atoms with van der Waals surface area (Å²) in [6, 6.07) is 3.67. The summed E-state index contributed by atoms with van der Waals surface area (Å²) in [5, 5.41) is 1.38. The summed E-state index contributed by atoms with van der Waals surface area (Å²) in [6.45, 7) is 0.819. The lowest BCUT2D eigenvalue weighted by atomic mass is 10.2. The molecule has 1 amide bonds.